The third-order valence-corrected chi connectivity index (χ3v) is 4.17. The summed E-state index contributed by atoms with van der Waals surface area (Å²) in [6.45, 7) is 1.38. The van der Waals surface area contributed by atoms with Crippen LogP contribution in [-0.2, 0) is 5.41 Å². The Morgan fingerprint density at radius 2 is 1.50 bits per heavy atom. The van der Waals surface area contributed by atoms with Crippen LogP contribution in [0.25, 0.3) is 0 Å². The third-order valence-electron chi connectivity index (χ3n) is 2.94. The van der Waals surface area contributed by atoms with Crippen LogP contribution < -0.4 is 0 Å². The standard InChI is InChI=1S/C10H8Cl2F2/c1-8(7-5-3-2-4-6-7)9(11,12)10(8,13)14/h2-6H,1H3. The van der Waals surface area contributed by atoms with Crippen LogP contribution in [0.2, 0.25) is 0 Å². The molecule has 4 heteroatoms. The van der Waals surface area contributed by atoms with E-state index in [1.165, 1.54) is 6.92 Å². The van der Waals surface area contributed by atoms with E-state index in [1.807, 2.05) is 0 Å². The summed E-state index contributed by atoms with van der Waals surface area (Å²) >= 11 is 11.2. The lowest BCUT2D eigenvalue weighted by Gasteiger charge is -2.09. The van der Waals surface area contributed by atoms with Crippen LogP contribution in [0.4, 0.5) is 8.78 Å². The number of halogens is 4. The molecule has 0 spiro atoms. The van der Waals surface area contributed by atoms with Crippen molar-refractivity contribution in [2.24, 2.45) is 0 Å². The Morgan fingerprint density at radius 1 is 1.07 bits per heavy atom. The van der Waals surface area contributed by atoms with E-state index in [0.29, 0.717) is 5.56 Å². The molecule has 14 heavy (non-hydrogen) atoms. The lowest BCUT2D eigenvalue weighted by atomic mass is 9.98. The number of hydrogen-bond donors (Lipinski definition) is 0. The van der Waals surface area contributed by atoms with E-state index in [-0.39, 0.29) is 0 Å². The van der Waals surface area contributed by atoms with Gasteiger partial charge >= 0.3 is 0 Å². The Labute approximate surface area is 90.8 Å². The molecule has 0 amide bonds. The summed E-state index contributed by atoms with van der Waals surface area (Å²) in [5.74, 6) is -3.07. The zero-order valence-corrected chi connectivity index (χ0v) is 8.91. The first-order valence-electron chi connectivity index (χ1n) is 4.17. The summed E-state index contributed by atoms with van der Waals surface area (Å²) in [4.78, 5) is 0. The molecule has 1 aliphatic carbocycles. The maximum Gasteiger partial charge on any atom is 0.293 e. The van der Waals surface area contributed by atoms with Crippen LogP contribution in [0.15, 0.2) is 30.3 Å². The minimum Gasteiger partial charge on any atom is -0.202 e. The minimum absolute atomic E-state index is 0.468. The lowest BCUT2D eigenvalue weighted by molar-refractivity contribution is 0.0899. The summed E-state index contributed by atoms with van der Waals surface area (Å²) in [6.07, 6.45) is 0. The van der Waals surface area contributed by atoms with E-state index in [4.69, 9.17) is 23.2 Å². The van der Waals surface area contributed by atoms with Crippen molar-refractivity contribution in [2.75, 3.05) is 0 Å². The van der Waals surface area contributed by atoms with Gasteiger partial charge in [-0.15, -0.1) is 0 Å². The van der Waals surface area contributed by atoms with Crippen LogP contribution in [0.1, 0.15) is 12.5 Å². The second kappa shape index (κ2) is 2.61. The van der Waals surface area contributed by atoms with Gasteiger partial charge in [-0.2, -0.15) is 0 Å². The first kappa shape index (κ1) is 10.2. The molecule has 1 aromatic carbocycles. The van der Waals surface area contributed by atoms with Gasteiger partial charge < -0.3 is 0 Å². The molecule has 1 unspecified atom stereocenters. The van der Waals surface area contributed by atoms with Gasteiger partial charge in [0.25, 0.3) is 5.92 Å². The third kappa shape index (κ3) is 0.887. The molecule has 0 aromatic heterocycles. The summed E-state index contributed by atoms with van der Waals surface area (Å²) in [5, 5.41) is 0. The molecule has 76 valence electrons. The van der Waals surface area contributed by atoms with E-state index < -0.39 is 15.7 Å². The van der Waals surface area contributed by atoms with Crippen molar-refractivity contribution in [1.29, 1.82) is 0 Å². The van der Waals surface area contributed by atoms with E-state index in [2.05, 4.69) is 0 Å². The highest BCUT2D eigenvalue weighted by atomic mass is 35.5. The fourth-order valence-corrected chi connectivity index (χ4v) is 2.42. The quantitative estimate of drug-likeness (QED) is 0.652. The summed E-state index contributed by atoms with van der Waals surface area (Å²) in [7, 11) is 0. The Bertz CT molecular complexity index is 346. The average molecular weight is 237 g/mol. The Hall–Kier alpha value is -0.340. The second-order valence-corrected chi connectivity index (χ2v) is 4.97. The topological polar surface area (TPSA) is 0 Å². The van der Waals surface area contributed by atoms with Crippen molar-refractivity contribution in [2.45, 2.75) is 22.6 Å². The normalized spacial score (nSPS) is 32.6. The van der Waals surface area contributed by atoms with E-state index >= 15 is 0 Å². The molecule has 0 N–H and O–H groups in total. The largest absolute Gasteiger partial charge is 0.293 e. The van der Waals surface area contributed by atoms with Crippen LogP contribution in [0.3, 0.4) is 0 Å². The van der Waals surface area contributed by atoms with Gasteiger partial charge in [0.2, 0.25) is 0 Å². The first-order valence-corrected chi connectivity index (χ1v) is 4.92. The van der Waals surface area contributed by atoms with Gasteiger partial charge in [0, 0.05) is 0 Å². The minimum atomic E-state index is -3.07. The summed E-state index contributed by atoms with van der Waals surface area (Å²) in [5.41, 5.74) is -1.00. The fourth-order valence-electron chi connectivity index (χ4n) is 1.68. The van der Waals surface area contributed by atoms with Crippen molar-refractivity contribution in [3.63, 3.8) is 0 Å². The number of hydrogen-bond acceptors (Lipinski definition) is 0. The molecule has 2 rings (SSSR count). The lowest BCUT2D eigenvalue weighted by Crippen LogP contribution is -2.12. The van der Waals surface area contributed by atoms with Gasteiger partial charge in [0.05, 0.1) is 5.41 Å². The predicted octanol–water partition coefficient (Wildman–Crippen LogP) is 3.77. The predicted molar refractivity (Wildman–Crippen MR) is 53.2 cm³/mol. The molecule has 1 aromatic rings. The molecule has 0 heterocycles. The molecule has 0 saturated heterocycles. The monoisotopic (exact) mass is 236 g/mol. The SMILES string of the molecule is CC1(c2ccccc2)C(F)(F)C1(Cl)Cl. The fraction of sp³-hybridized carbons (Fsp3) is 0.400. The zero-order valence-electron chi connectivity index (χ0n) is 7.40. The van der Waals surface area contributed by atoms with Crippen molar-refractivity contribution < 1.29 is 8.78 Å². The maximum absolute atomic E-state index is 13.4. The van der Waals surface area contributed by atoms with Crippen molar-refractivity contribution in [3.8, 4) is 0 Å². The summed E-state index contributed by atoms with van der Waals surface area (Å²) in [6, 6.07) is 8.37. The highest BCUT2D eigenvalue weighted by Gasteiger charge is 2.89. The van der Waals surface area contributed by atoms with Crippen molar-refractivity contribution in [3.05, 3.63) is 35.9 Å². The van der Waals surface area contributed by atoms with Crippen LogP contribution in [-0.4, -0.2) is 10.3 Å². The molecule has 0 radical (unpaired) electrons. The van der Waals surface area contributed by atoms with Gasteiger partial charge in [-0.3, -0.25) is 0 Å². The molecule has 1 saturated carbocycles. The van der Waals surface area contributed by atoms with Gasteiger partial charge in [0.1, 0.15) is 0 Å². The Balaban J connectivity index is 2.48. The van der Waals surface area contributed by atoms with Crippen LogP contribution >= 0.6 is 23.2 Å². The highest BCUT2D eigenvalue weighted by molar-refractivity contribution is 6.53. The van der Waals surface area contributed by atoms with E-state index in [1.54, 1.807) is 30.3 Å². The Morgan fingerprint density at radius 3 is 1.86 bits per heavy atom. The number of benzene rings is 1. The second-order valence-electron chi connectivity index (χ2n) is 3.64. The number of alkyl halides is 4. The molecule has 1 aliphatic rings. The number of rotatable bonds is 1. The van der Waals surface area contributed by atoms with Gasteiger partial charge in [-0.05, 0) is 12.5 Å². The smallest absolute Gasteiger partial charge is 0.202 e. The van der Waals surface area contributed by atoms with E-state index in [9.17, 15) is 8.78 Å². The molecule has 0 bridgehead atoms. The van der Waals surface area contributed by atoms with Gasteiger partial charge in [0.15, 0.2) is 4.33 Å². The molecule has 0 aliphatic heterocycles. The van der Waals surface area contributed by atoms with Gasteiger partial charge in [-0.1, -0.05) is 53.5 Å². The van der Waals surface area contributed by atoms with Crippen LogP contribution in [0, 0.1) is 0 Å². The zero-order chi connectivity index (χ0) is 10.6. The Kier molecular flexibility index (Phi) is 1.90. The molecule has 1 fully saturated rings. The molecular weight excluding hydrogens is 229 g/mol. The maximum atomic E-state index is 13.4. The van der Waals surface area contributed by atoms with Crippen LogP contribution in [0.5, 0.6) is 0 Å². The highest BCUT2D eigenvalue weighted by Crippen LogP contribution is 2.74. The van der Waals surface area contributed by atoms with Gasteiger partial charge in [-0.25, -0.2) is 8.78 Å². The van der Waals surface area contributed by atoms with Crippen molar-refractivity contribution >= 4 is 23.2 Å². The first-order chi connectivity index (χ1) is 6.36. The van der Waals surface area contributed by atoms with Crippen molar-refractivity contribution in [1.82, 2.24) is 0 Å². The average Bonchev–Trinajstić information content (AvgIpc) is 2.47. The molecule has 0 nitrogen and oxygen atoms in total. The van der Waals surface area contributed by atoms with E-state index in [0.717, 1.165) is 0 Å². The summed E-state index contributed by atoms with van der Waals surface area (Å²) < 4.78 is 24.8. The molecular formula is C10H8Cl2F2. The molecule has 1 atom stereocenters.